The molecular formula is C8H14Cl2N2O. The van der Waals surface area contributed by atoms with Crippen LogP contribution < -0.4 is 5.73 Å². The Balaban J connectivity index is 0.000000720. The average Bonchev–Trinajstić information content (AvgIpc) is 2.76. The van der Waals surface area contributed by atoms with Gasteiger partial charge in [-0.2, -0.15) is 0 Å². The fraction of sp³-hybridized carbons (Fsp3) is 0.625. The summed E-state index contributed by atoms with van der Waals surface area (Å²) >= 11 is 0. The van der Waals surface area contributed by atoms with E-state index in [0.29, 0.717) is 12.5 Å². The molecule has 1 heterocycles. The highest BCUT2D eigenvalue weighted by molar-refractivity contribution is 5.85. The predicted molar refractivity (Wildman–Crippen MR) is 55.6 cm³/mol. The van der Waals surface area contributed by atoms with Gasteiger partial charge < -0.3 is 10.2 Å². The number of aryl methyl sites for hydroxylation is 1. The molecule has 0 amide bonds. The number of aromatic nitrogens is 1. The molecular weight excluding hydrogens is 211 g/mol. The van der Waals surface area contributed by atoms with Gasteiger partial charge in [-0.15, -0.1) is 24.8 Å². The van der Waals surface area contributed by atoms with Gasteiger partial charge >= 0.3 is 0 Å². The zero-order valence-corrected chi connectivity index (χ0v) is 9.08. The highest BCUT2D eigenvalue weighted by atomic mass is 35.5. The molecule has 0 atom stereocenters. The Labute approximate surface area is 89.9 Å². The van der Waals surface area contributed by atoms with E-state index >= 15 is 0 Å². The van der Waals surface area contributed by atoms with E-state index in [2.05, 4.69) is 4.98 Å². The highest BCUT2D eigenvalue weighted by Crippen LogP contribution is 2.39. The minimum Gasteiger partial charge on any atom is -0.444 e. The first-order valence-electron chi connectivity index (χ1n) is 3.97. The molecule has 1 aliphatic carbocycles. The molecule has 0 saturated heterocycles. The van der Waals surface area contributed by atoms with Gasteiger partial charge in [-0.25, -0.2) is 4.98 Å². The van der Waals surface area contributed by atoms with Crippen LogP contribution in [-0.2, 0) is 6.54 Å². The van der Waals surface area contributed by atoms with Gasteiger partial charge in [-0.1, -0.05) is 0 Å². The van der Waals surface area contributed by atoms with Crippen molar-refractivity contribution in [2.24, 2.45) is 5.73 Å². The van der Waals surface area contributed by atoms with Gasteiger partial charge in [-0.05, 0) is 19.8 Å². The van der Waals surface area contributed by atoms with Crippen LogP contribution in [0.2, 0.25) is 0 Å². The second-order valence-corrected chi connectivity index (χ2v) is 3.04. The molecule has 0 spiro atoms. The van der Waals surface area contributed by atoms with Crippen LogP contribution in [0, 0.1) is 6.92 Å². The Hall–Kier alpha value is -0.250. The van der Waals surface area contributed by atoms with E-state index in [-0.39, 0.29) is 24.8 Å². The molecule has 0 unspecified atom stereocenters. The minimum absolute atomic E-state index is 0. The summed E-state index contributed by atoms with van der Waals surface area (Å²) in [6, 6.07) is 0. The largest absolute Gasteiger partial charge is 0.444 e. The van der Waals surface area contributed by atoms with Crippen molar-refractivity contribution < 1.29 is 4.42 Å². The lowest BCUT2D eigenvalue weighted by Crippen LogP contribution is -1.95. The first-order valence-corrected chi connectivity index (χ1v) is 3.97. The first-order chi connectivity index (χ1) is 5.31. The summed E-state index contributed by atoms with van der Waals surface area (Å²) in [5.41, 5.74) is 6.40. The van der Waals surface area contributed by atoms with Crippen LogP contribution in [0.25, 0.3) is 0 Å². The molecule has 3 nitrogen and oxygen atoms in total. The highest BCUT2D eigenvalue weighted by Gasteiger charge is 2.29. The summed E-state index contributed by atoms with van der Waals surface area (Å²) in [6.07, 6.45) is 2.45. The predicted octanol–water partition coefficient (Wildman–Crippen LogP) is 2.16. The van der Waals surface area contributed by atoms with Crippen LogP contribution in [0.3, 0.4) is 0 Å². The Morgan fingerprint density at radius 3 is 2.46 bits per heavy atom. The van der Waals surface area contributed by atoms with Crippen molar-refractivity contribution >= 4 is 24.8 Å². The molecule has 5 heteroatoms. The fourth-order valence-corrected chi connectivity index (χ4v) is 1.14. The summed E-state index contributed by atoms with van der Waals surface area (Å²) in [5.74, 6) is 2.32. The lowest BCUT2D eigenvalue weighted by Gasteiger charge is -1.87. The monoisotopic (exact) mass is 224 g/mol. The molecule has 0 radical (unpaired) electrons. The maximum absolute atomic E-state index is 5.45. The van der Waals surface area contributed by atoms with Crippen LogP contribution in [0.4, 0.5) is 0 Å². The van der Waals surface area contributed by atoms with Crippen molar-refractivity contribution in [3.63, 3.8) is 0 Å². The lowest BCUT2D eigenvalue weighted by atomic mass is 10.4. The van der Waals surface area contributed by atoms with Gasteiger partial charge in [-0.3, -0.25) is 0 Å². The van der Waals surface area contributed by atoms with Crippen molar-refractivity contribution in [2.75, 3.05) is 0 Å². The van der Waals surface area contributed by atoms with Gasteiger partial charge in [0.25, 0.3) is 0 Å². The van der Waals surface area contributed by atoms with E-state index in [1.165, 1.54) is 12.8 Å². The Kier molecular flexibility index (Phi) is 4.75. The van der Waals surface area contributed by atoms with E-state index < -0.39 is 0 Å². The van der Waals surface area contributed by atoms with E-state index in [4.69, 9.17) is 10.2 Å². The molecule has 76 valence electrons. The molecule has 1 aromatic rings. The number of rotatable bonds is 2. The zero-order valence-electron chi connectivity index (χ0n) is 7.45. The SMILES string of the molecule is Cc1nc(C2CC2)oc1CN.Cl.Cl. The number of hydrogen-bond donors (Lipinski definition) is 1. The van der Waals surface area contributed by atoms with Crippen molar-refractivity contribution in [1.82, 2.24) is 4.98 Å². The normalized spacial score (nSPS) is 14.6. The molecule has 2 N–H and O–H groups in total. The number of oxazole rings is 1. The molecule has 1 fully saturated rings. The van der Waals surface area contributed by atoms with Crippen LogP contribution in [0.5, 0.6) is 0 Å². The van der Waals surface area contributed by atoms with Gasteiger partial charge in [0, 0.05) is 5.92 Å². The molecule has 13 heavy (non-hydrogen) atoms. The van der Waals surface area contributed by atoms with Crippen molar-refractivity contribution in [3.05, 3.63) is 17.3 Å². The maximum Gasteiger partial charge on any atom is 0.197 e. The van der Waals surface area contributed by atoms with Crippen LogP contribution in [0.15, 0.2) is 4.42 Å². The zero-order chi connectivity index (χ0) is 7.84. The van der Waals surface area contributed by atoms with Gasteiger partial charge in [0.15, 0.2) is 5.89 Å². The minimum atomic E-state index is 0. The molecule has 1 aromatic heterocycles. The molecule has 2 rings (SSSR count). The fourth-order valence-electron chi connectivity index (χ4n) is 1.14. The van der Waals surface area contributed by atoms with Gasteiger partial charge in [0.05, 0.1) is 12.2 Å². The third-order valence-electron chi connectivity index (χ3n) is 2.02. The van der Waals surface area contributed by atoms with Crippen LogP contribution in [0.1, 0.15) is 36.1 Å². The molecule has 1 saturated carbocycles. The summed E-state index contributed by atoms with van der Waals surface area (Å²) < 4.78 is 5.45. The number of halogens is 2. The lowest BCUT2D eigenvalue weighted by molar-refractivity contribution is 0.457. The standard InChI is InChI=1S/C8H12N2O.2ClH/c1-5-7(4-9)11-8(10-5)6-2-3-6;;/h6H,2-4,9H2,1H3;2*1H. The van der Waals surface area contributed by atoms with Crippen molar-refractivity contribution in [3.8, 4) is 0 Å². The summed E-state index contributed by atoms with van der Waals surface area (Å²) in [7, 11) is 0. The molecule has 0 bridgehead atoms. The third-order valence-corrected chi connectivity index (χ3v) is 2.02. The average molecular weight is 225 g/mol. The first kappa shape index (κ1) is 12.8. The van der Waals surface area contributed by atoms with Crippen molar-refractivity contribution in [1.29, 1.82) is 0 Å². The van der Waals surface area contributed by atoms with Crippen LogP contribution >= 0.6 is 24.8 Å². The maximum atomic E-state index is 5.45. The third kappa shape index (κ3) is 2.59. The Morgan fingerprint density at radius 2 is 2.08 bits per heavy atom. The quantitative estimate of drug-likeness (QED) is 0.838. The van der Waals surface area contributed by atoms with Gasteiger partial charge in [0.2, 0.25) is 0 Å². The Bertz CT molecular complexity index is 271. The summed E-state index contributed by atoms with van der Waals surface area (Å²) in [4.78, 5) is 4.30. The molecule has 0 aromatic carbocycles. The second kappa shape index (κ2) is 4.84. The molecule has 0 aliphatic heterocycles. The van der Waals surface area contributed by atoms with E-state index in [1.54, 1.807) is 0 Å². The van der Waals surface area contributed by atoms with E-state index in [9.17, 15) is 0 Å². The second-order valence-electron chi connectivity index (χ2n) is 3.04. The van der Waals surface area contributed by atoms with Crippen LogP contribution in [-0.4, -0.2) is 4.98 Å². The number of hydrogen-bond acceptors (Lipinski definition) is 3. The summed E-state index contributed by atoms with van der Waals surface area (Å²) in [5, 5.41) is 0. The van der Waals surface area contributed by atoms with E-state index in [0.717, 1.165) is 17.3 Å². The van der Waals surface area contributed by atoms with E-state index in [1.807, 2.05) is 6.92 Å². The summed E-state index contributed by atoms with van der Waals surface area (Å²) in [6.45, 7) is 2.41. The Morgan fingerprint density at radius 1 is 1.46 bits per heavy atom. The topological polar surface area (TPSA) is 52.0 Å². The van der Waals surface area contributed by atoms with Crippen molar-refractivity contribution in [2.45, 2.75) is 32.2 Å². The number of nitrogens with two attached hydrogens (primary N) is 1. The van der Waals surface area contributed by atoms with Gasteiger partial charge in [0.1, 0.15) is 5.76 Å². The molecule has 1 aliphatic rings. The number of nitrogens with zero attached hydrogens (tertiary/aromatic N) is 1. The smallest absolute Gasteiger partial charge is 0.197 e.